The van der Waals surface area contributed by atoms with Gasteiger partial charge in [-0.3, -0.25) is 0 Å². The Hall–Kier alpha value is -1.73. The van der Waals surface area contributed by atoms with E-state index in [1.165, 1.54) is 12.8 Å². The van der Waals surface area contributed by atoms with Crippen LogP contribution in [0.5, 0.6) is 0 Å². The lowest BCUT2D eigenvalue weighted by Gasteiger charge is -2.53. The summed E-state index contributed by atoms with van der Waals surface area (Å²) in [6.45, 7) is 3.52. The molecule has 0 amide bonds. The maximum absolute atomic E-state index is 6.10. The van der Waals surface area contributed by atoms with Crippen molar-refractivity contribution in [2.75, 3.05) is 31.2 Å². The van der Waals surface area contributed by atoms with Gasteiger partial charge in [0.25, 0.3) is 0 Å². The summed E-state index contributed by atoms with van der Waals surface area (Å²) in [6, 6.07) is 3.95. The Morgan fingerprint density at radius 2 is 2.17 bits per heavy atom. The van der Waals surface area contributed by atoms with Crippen molar-refractivity contribution in [3.05, 3.63) is 18.5 Å². The van der Waals surface area contributed by atoms with E-state index in [0.29, 0.717) is 6.10 Å². The molecule has 1 spiro atoms. The normalized spacial score (nSPS) is 26.6. The summed E-state index contributed by atoms with van der Waals surface area (Å²) in [5, 5.41) is 12.4. The van der Waals surface area contributed by atoms with Crippen molar-refractivity contribution in [1.29, 1.82) is 0 Å². The fourth-order valence-corrected chi connectivity index (χ4v) is 3.60. The van der Waals surface area contributed by atoms with Gasteiger partial charge in [0, 0.05) is 19.6 Å². The van der Waals surface area contributed by atoms with Crippen molar-refractivity contribution in [3.63, 3.8) is 0 Å². The third kappa shape index (κ3) is 2.57. The van der Waals surface area contributed by atoms with Crippen LogP contribution in [0.4, 0.5) is 5.82 Å². The second-order valence-corrected chi connectivity index (χ2v) is 7.10. The maximum Gasteiger partial charge on any atom is 0.177 e. The molecule has 1 aliphatic carbocycles. The van der Waals surface area contributed by atoms with Crippen molar-refractivity contribution in [2.24, 2.45) is 5.92 Å². The first kappa shape index (κ1) is 13.7. The molecule has 3 aliphatic rings. The molecule has 2 aromatic rings. The minimum atomic E-state index is -0.0453. The van der Waals surface area contributed by atoms with Crippen LogP contribution in [0.25, 0.3) is 5.65 Å². The van der Waals surface area contributed by atoms with Gasteiger partial charge in [0.05, 0.1) is 19.2 Å². The fourth-order valence-electron chi connectivity index (χ4n) is 3.60. The highest BCUT2D eigenvalue weighted by atomic mass is 16.5. The fraction of sp³-hybridized carbons (Fsp3) is 0.688. The Bertz CT molecular complexity index is 707. The van der Waals surface area contributed by atoms with E-state index in [1.54, 1.807) is 10.8 Å². The van der Waals surface area contributed by atoms with Gasteiger partial charge in [0.2, 0.25) is 0 Å². The van der Waals surface area contributed by atoms with Crippen LogP contribution in [-0.4, -0.2) is 57.8 Å². The van der Waals surface area contributed by atoms with Crippen molar-refractivity contribution in [2.45, 2.75) is 37.4 Å². The molecule has 23 heavy (non-hydrogen) atoms. The molecule has 2 aromatic heterocycles. The molecule has 3 fully saturated rings. The molecule has 7 heteroatoms. The first-order valence-corrected chi connectivity index (χ1v) is 8.47. The van der Waals surface area contributed by atoms with E-state index < -0.39 is 0 Å². The van der Waals surface area contributed by atoms with Gasteiger partial charge < -0.3 is 14.4 Å². The van der Waals surface area contributed by atoms with Crippen LogP contribution in [0.3, 0.4) is 0 Å². The van der Waals surface area contributed by atoms with Gasteiger partial charge in [-0.05, 0) is 37.3 Å². The average Bonchev–Trinajstić information content (AvgIpc) is 3.26. The van der Waals surface area contributed by atoms with Gasteiger partial charge in [-0.1, -0.05) is 0 Å². The van der Waals surface area contributed by atoms with Crippen LogP contribution < -0.4 is 4.90 Å². The molecular formula is C16H21N5O2. The number of fused-ring (bicyclic) bond motifs is 1. The zero-order valence-corrected chi connectivity index (χ0v) is 13.1. The van der Waals surface area contributed by atoms with Crippen LogP contribution in [0.2, 0.25) is 0 Å². The van der Waals surface area contributed by atoms with Crippen molar-refractivity contribution < 1.29 is 9.47 Å². The summed E-state index contributed by atoms with van der Waals surface area (Å²) in [5.74, 6) is 1.78. The third-order valence-corrected chi connectivity index (χ3v) is 5.14. The van der Waals surface area contributed by atoms with E-state index in [2.05, 4.69) is 20.2 Å². The Morgan fingerprint density at radius 1 is 1.26 bits per heavy atom. The number of ether oxygens (including phenoxy) is 2. The zero-order chi connectivity index (χ0) is 15.3. The van der Waals surface area contributed by atoms with Gasteiger partial charge in [-0.15, -0.1) is 15.3 Å². The van der Waals surface area contributed by atoms with E-state index in [0.717, 1.165) is 56.5 Å². The summed E-state index contributed by atoms with van der Waals surface area (Å²) in [4.78, 5) is 2.25. The second kappa shape index (κ2) is 5.14. The summed E-state index contributed by atoms with van der Waals surface area (Å²) in [5.41, 5.74) is 0.725. The topological polar surface area (TPSA) is 64.8 Å². The molecule has 1 atom stereocenters. The first-order chi connectivity index (χ1) is 11.3. The summed E-state index contributed by atoms with van der Waals surface area (Å²) in [7, 11) is 0. The van der Waals surface area contributed by atoms with Gasteiger partial charge >= 0.3 is 0 Å². The minimum Gasteiger partial charge on any atom is -0.378 e. The number of nitrogens with zero attached hydrogens (tertiary/aromatic N) is 5. The smallest absolute Gasteiger partial charge is 0.177 e. The molecule has 4 heterocycles. The standard InChI is InChI=1S/C16H21N5O2/c1-2-12(1)8-22-13-5-6-23-16(7-13)9-20(10-16)15-4-3-14-18-17-11-21(14)19-15/h3-4,11-13H,1-2,5-10H2. The Kier molecular flexibility index (Phi) is 3.06. The molecule has 7 nitrogen and oxygen atoms in total. The van der Waals surface area contributed by atoms with Crippen molar-refractivity contribution in [3.8, 4) is 0 Å². The predicted octanol–water partition coefficient (Wildman–Crippen LogP) is 1.29. The largest absolute Gasteiger partial charge is 0.378 e. The van der Waals surface area contributed by atoms with Crippen LogP contribution in [0.1, 0.15) is 25.7 Å². The molecule has 2 aliphatic heterocycles. The van der Waals surface area contributed by atoms with Crippen LogP contribution in [0.15, 0.2) is 18.5 Å². The van der Waals surface area contributed by atoms with Gasteiger partial charge in [-0.25, -0.2) is 0 Å². The highest BCUT2D eigenvalue weighted by molar-refractivity contribution is 5.48. The third-order valence-electron chi connectivity index (χ3n) is 5.14. The van der Waals surface area contributed by atoms with E-state index in [4.69, 9.17) is 9.47 Å². The zero-order valence-electron chi connectivity index (χ0n) is 13.1. The van der Waals surface area contributed by atoms with Gasteiger partial charge in [0.15, 0.2) is 5.65 Å². The SMILES string of the molecule is c1cc2nncn2nc1N1CC2(CC(OCC3CC3)CCO2)C1. The van der Waals surface area contributed by atoms with Crippen LogP contribution in [-0.2, 0) is 9.47 Å². The molecule has 1 saturated carbocycles. The molecule has 1 unspecified atom stereocenters. The highest BCUT2D eigenvalue weighted by Crippen LogP contribution is 2.38. The van der Waals surface area contributed by atoms with E-state index in [9.17, 15) is 0 Å². The number of hydrogen-bond donors (Lipinski definition) is 0. The molecule has 2 saturated heterocycles. The van der Waals surface area contributed by atoms with Crippen molar-refractivity contribution in [1.82, 2.24) is 19.8 Å². The lowest BCUT2D eigenvalue weighted by atomic mass is 9.84. The second-order valence-electron chi connectivity index (χ2n) is 7.10. The van der Waals surface area contributed by atoms with E-state index in [-0.39, 0.29) is 5.60 Å². The first-order valence-electron chi connectivity index (χ1n) is 8.47. The Morgan fingerprint density at radius 3 is 3.04 bits per heavy atom. The Balaban J connectivity index is 1.23. The summed E-state index contributed by atoms with van der Waals surface area (Å²) < 4.78 is 13.9. The number of rotatable bonds is 4. The highest BCUT2D eigenvalue weighted by Gasteiger charge is 2.48. The molecule has 5 rings (SSSR count). The van der Waals surface area contributed by atoms with Gasteiger partial charge in [-0.2, -0.15) is 4.52 Å². The molecular weight excluding hydrogens is 294 g/mol. The number of aromatic nitrogens is 4. The molecule has 0 aromatic carbocycles. The summed E-state index contributed by atoms with van der Waals surface area (Å²) in [6.07, 6.45) is 6.72. The van der Waals surface area contributed by atoms with Crippen LogP contribution >= 0.6 is 0 Å². The molecule has 0 N–H and O–H groups in total. The Labute approximate surface area is 134 Å². The monoisotopic (exact) mass is 315 g/mol. The molecule has 122 valence electrons. The van der Waals surface area contributed by atoms with Gasteiger partial charge in [0.1, 0.15) is 17.7 Å². The molecule has 0 bridgehead atoms. The predicted molar refractivity (Wildman–Crippen MR) is 83.4 cm³/mol. The quantitative estimate of drug-likeness (QED) is 0.847. The average molecular weight is 315 g/mol. The maximum atomic E-state index is 6.10. The minimum absolute atomic E-state index is 0.0453. The lowest BCUT2D eigenvalue weighted by molar-refractivity contribution is -0.146. The van der Waals surface area contributed by atoms with Crippen LogP contribution in [0, 0.1) is 5.92 Å². The lowest BCUT2D eigenvalue weighted by Crippen LogP contribution is -2.66. The number of hydrogen-bond acceptors (Lipinski definition) is 6. The van der Waals surface area contributed by atoms with Crippen molar-refractivity contribution >= 4 is 11.5 Å². The summed E-state index contributed by atoms with van der Waals surface area (Å²) >= 11 is 0. The van der Waals surface area contributed by atoms with E-state index in [1.807, 2.05) is 12.1 Å². The number of anilines is 1. The van der Waals surface area contributed by atoms with E-state index >= 15 is 0 Å². The molecule has 0 radical (unpaired) electrons.